The summed E-state index contributed by atoms with van der Waals surface area (Å²) in [5, 5.41) is 0. The number of methoxy groups -OCH3 is 1. The van der Waals surface area contributed by atoms with Crippen molar-refractivity contribution in [1.82, 2.24) is 4.90 Å². The van der Waals surface area contributed by atoms with Crippen LogP contribution in [0.5, 0.6) is 5.75 Å². The highest BCUT2D eigenvalue weighted by atomic mass is 35.5. The molecular formula is C14H24Cl2N2O3S. The molecule has 1 aliphatic rings. The quantitative estimate of drug-likeness (QED) is 0.845. The Morgan fingerprint density at radius 2 is 2.00 bits per heavy atom. The van der Waals surface area contributed by atoms with Crippen molar-refractivity contribution in [3.63, 3.8) is 0 Å². The fraction of sp³-hybridized carbons (Fsp3) is 0.571. The maximum atomic E-state index is 11.2. The van der Waals surface area contributed by atoms with E-state index in [-0.39, 0.29) is 42.5 Å². The predicted octanol–water partition coefficient (Wildman–Crippen LogP) is 1.31. The second-order valence-electron chi connectivity index (χ2n) is 5.44. The third kappa shape index (κ3) is 5.93. The summed E-state index contributed by atoms with van der Waals surface area (Å²) in [6.45, 7) is 2.08. The van der Waals surface area contributed by atoms with Gasteiger partial charge >= 0.3 is 0 Å². The zero-order valence-electron chi connectivity index (χ0n) is 12.8. The summed E-state index contributed by atoms with van der Waals surface area (Å²) in [6.07, 6.45) is 1.27. The van der Waals surface area contributed by atoms with E-state index in [9.17, 15) is 8.42 Å². The first-order valence-corrected chi connectivity index (χ1v) is 8.75. The molecule has 0 spiro atoms. The molecule has 8 heteroatoms. The van der Waals surface area contributed by atoms with E-state index >= 15 is 0 Å². The van der Waals surface area contributed by atoms with E-state index in [1.165, 1.54) is 6.26 Å². The van der Waals surface area contributed by atoms with Crippen molar-refractivity contribution in [2.45, 2.75) is 12.0 Å². The number of hydrogen-bond donors (Lipinski definition) is 1. The molecule has 22 heavy (non-hydrogen) atoms. The summed E-state index contributed by atoms with van der Waals surface area (Å²) in [7, 11) is -1.28. The lowest BCUT2D eigenvalue weighted by Gasteiger charge is -2.16. The Morgan fingerprint density at radius 3 is 2.59 bits per heavy atom. The van der Waals surface area contributed by atoms with Crippen LogP contribution < -0.4 is 10.5 Å². The van der Waals surface area contributed by atoms with Crippen molar-refractivity contribution < 1.29 is 13.2 Å². The van der Waals surface area contributed by atoms with Crippen molar-refractivity contribution in [2.24, 2.45) is 5.73 Å². The fourth-order valence-corrected chi connectivity index (χ4v) is 3.21. The summed E-state index contributed by atoms with van der Waals surface area (Å²) in [6, 6.07) is 7.95. The molecule has 1 aromatic carbocycles. The van der Waals surface area contributed by atoms with E-state index in [0.29, 0.717) is 6.54 Å². The van der Waals surface area contributed by atoms with Gasteiger partial charge in [-0.15, -0.1) is 24.8 Å². The lowest BCUT2D eigenvalue weighted by Crippen LogP contribution is -2.30. The van der Waals surface area contributed by atoms with Gasteiger partial charge in [0, 0.05) is 37.8 Å². The molecule has 1 saturated heterocycles. The van der Waals surface area contributed by atoms with Gasteiger partial charge in [0.05, 0.1) is 12.9 Å². The Morgan fingerprint density at radius 1 is 1.32 bits per heavy atom. The Kier molecular flexibility index (Phi) is 8.72. The number of nitrogens with two attached hydrogens (primary N) is 1. The number of benzene rings is 1. The molecule has 0 aliphatic carbocycles. The minimum Gasteiger partial charge on any atom is -0.497 e. The molecule has 0 aromatic heterocycles. The molecule has 2 rings (SSSR count). The van der Waals surface area contributed by atoms with E-state index in [1.807, 2.05) is 24.3 Å². The highest BCUT2D eigenvalue weighted by molar-refractivity contribution is 7.90. The summed E-state index contributed by atoms with van der Waals surface area (Å²) >= 11 is 0. The number of likely N-dealkylation sites (tertiary alicyclic amines) is 1. The second-order valence-corrected chi connectivity index (χ2v) is 7.70. The molecule has 0 saturated carbocycles. The fourth-order valence-electron chi connectivity index (χ4n) is 2.62. The van der Waals surface area contributed by atoms with Gasteiger partial charge in [-0.25, -0.2) is 8.42 Å². The Hall–Kier alpha value is -0.530. The summed E-state index contributed by atoms with van der Waals surface area (Å²) < 4.78 is 27.7. The topological polar surface area (TPSA) is 72.6 Å². The lowest BCUT2D eigenvalue weighted by atomic mass is 9.95. The van der Waals surface area contributed by atoms with E-state index < -0.39 is 9.84 Å². The van der Waals surface area contributed by atoms with Crippen LogP contribution in [0.4, 0.5) is 0 Å². The van der Waals surface area contributed by atoms with Crippen LogP contribution in [0.3, 0.4) is 0 Å². The Bertz CT molecular complexity index is 569. The SMILES string of the molecule is COc1cccc([C@H]2CN(CCS(C)(=O)=O)C[C@@H]2N)c1.Cl.Cl. The predicted molar refractivity (Wildman–Crippen MR) is 94.4 cm³/mol. The molecule has 1 aromatic rings. The van der Waals surface area contributed by atoms with Gasteiger partial charge in [-0.1, -0.05) is 12.1 Å². The number of sulfone groups is 1. The molecule has 2 atom stereocenters. The molecule has 1 aliphatic heterocycles. The van der Waals surface area contributed by atoms with E-state index in [2.05, 4.69) is 4.90 Å². The van der Waals surface area contributed by atoms with Gasteiger partial charge in [-0.3, -0.25) is 0 Å². The smallest absolute Gasteiger partial charge is 0.148 e. The van der Waals surface area contributed by atoms with Crippen LogP contribution in [0, 0.1) is 0 Å². The number of rotatable bonds is 5. The Labute approximate surface area is 144 Å². The standard InChI is InChI=1S/C14H22N2O3S.2ClH/c1-19-12-5-3-4-11(8-12)13-9-16(10-14(13)15)6-7-20(2,17)18;;/h3-5,8,13-14H,6-7,9-10,15H2,1-2H3;2*1H/t13-,14+;;/m1../s1. The van der Waals surface area contributed by atoms with E-state index in [0.717, 1.165) is 24.4 Å². The maximum absolute atomic E-state index is 11.2. The van der Waals surface area contributed by atoms with Crippen molar-refractivity contribution in [3.05, 3.63) is 29.8 Å². The first-order chi connectivity index (χ1) is 9.39. The summed E-state index contributed by atoms with van der Waals surface area (Å²) in [5.41, 5.74) is 7.35. The third-order valence-electron chi connectivity index (χ3n) is 3.74. The van der Waals surface area contributed by atoms with Crippen LogP contribution in [0.15, 0.2) is 24.3 Å². The number of hydrogen-bond acceptors (Lipinski definition) is 5. The van der Waals surface area contributed by atoms with Crippen LogP contribution in [-0.4, -0.2) is 58.1 Å². The van der Waals surface area contributed by atoms with Crippen molar-refractivity contribution in [2.75, 3.05) is 38.8 Å². The number of ether oxygens (including phenoxy) is 1. The van der Waals surface area contributed by atoms with Crippen LogP contribution in [0.25, 0.3) is 0 Å². The first kappa shape index (κ1) is 21.5. The third-order valence-corrected chi connectivity index (χ3v) is 4.67. The minimum absolute atomic E-state index is 0. The second kappa shape index (κ2) is 8.93. The minimum atomic E-state index is -2.92. The van der Waals surface area contributed by atoms with Crippen LogP contribution in [0.1, 0.15) is 11.5 Å². The summed E-state index contributed by atoms with van der Waals surface area (Å²) in [4.78, 5) is 2.12. The van der Waals surface area contributed by atoms with Crippen LogP contribution >= 0.6 is 24.8 Å². The van der Waals surface area contributed by atoms with Crippen molar-refractivity contribution in [3.8, 4) is 5.75 Å². The molecule has 0 radical (unpaired) electrons. The maximum Gasteiger partial charge on any atom is 0.148 e. The highest BCUT2D eigenvalue weighted by Crippen LogP contribution is 2.28. The van der Waals surface area contributed by atoms with Gasteiger partial charge in [0.1, 0.15) is 15.6 Å². The zero-order chi connectivity index (χ0) is 14.8. The molecule has 0 unspecified atom stereocenters. The normalized spacial score (nSPS) is 21.8. The molecule has 1 heterocycles. The summed E-state index contributed by atoms with van der Waals surface area (Å²) in [5.74, 6) is 1.24. The lowest BCUT2D eigenvalue weighted by molar-refractivity contribution is 0.351. The molecule has 128 valence electrons. The Balaban J connectivity index is 0.00000220. The van der Waals surface area contributed by atoms with Gasteiger partial charge in [0.15, 0.2) is 0 Å². The largest absolute Gasteiger partial charge is 0.497 e. The molecule has 2 N–H and O–H groups in total. The van der Waals surface area contributed by atoms with E-state index in [4.69, 9.17) is 10.5 Å². The monoisotopic (exact) mass is 370 g/mol. The average molecular weight is 371 g/mol. The van der Waals surface area contributed by atoms with Gasteiger partial charge < -0.3 is 15.4 Å². The zero-order valence-corrected chi connectivity index (χ0v) is 15.2. The van der Waals surface area contributed by atoms with Crippen LogP contribution in [-0.2, 0) is 9.84 Å². The van der Waals surface area contributed by atoms with Gasteiger partial charge in [-0.2, -0.15) is 0 Å². The molecule has 5 nitrogen and oxygen atoms in total. The van der Waals surface area contributed by atoms with Gasteiger partial charge in [-0.05, 0) is 17.7 Å². The molecule has 1 fully saturated rings. The first-order valence-electron chi connectivity index (χ1n) is 6.68. The molecular weight excluding hydrogens is 347 g/mol. The number of nitrogens with zero attached hydrogens (tertiary/aromatic N) is 1. The molecule has 0 bridgehead atoms. The van der Waals surface area contributed by atoms with Crippen molar-refractivity contribution >= 4 is 34.7 Å². The van der Waals surface area contributed by atoms with Gasteiger partial charge in [0.2, 0.25) is 0 Å². The number of halogens is 2. The molecule has 0 amide bonds. The van der Waals surface area contributed by atoms with Gasteiger partial charge in [0.25, 0.3) is 0 Å². The van der Waals surface area contributed by atoms with Crippen molar-refractivity contribution in [1.29, 1.82) is 0 Å². The highest BCUT2D eigenvalue weighted by Gasteiger charge is 2.31. The average Bonchev–Trinajstić information content (AvgIpc) is 2.77. The van der Waals surface area contributed by atoms with E-state index in [1.54, 1.807) is 7.11 Å². The van der Waals surface area contributed by atoms with Crippen LogP contribution in [0.2, 0.25) is 0 Å².